The van der Waals surface area contributed by atoms with E-state index in [4.69, 9.17) is 0 Å². The molecule has 1 saturated carbocycles. The molecule has 0 aliphatic heterocycles. The summed E-state index contributed by atoms with van der Waals surface area (Å²) in [5.41, 5.74) is 4.37. The monoisotopic (exact) mass is 166 g/mol. The molecule has 1 N–H and O–H groups in total. The van der Waals surface area contributed by atoms with E-state index in [0.29, 0.717) is 5.92 Å². The summed E-state index contributed by atoms with van der Waals surface area (Å²) in [7, 11) is 0. The second-order valence-electron chi connectivity index (χ2n) is 3.83. The van der Waals surface area contributed by atoms with Gasteiger partial charge in [0.25, 0.3) is 0 Å². The second-order valence-corrected chi connectivity index (χ2v) is 3.83. The van der Waals surface area contributed by atoms with Crippen LogP contribution in [0.3, 0.4) is 0 Å². The Morgan fingerprint density at radius 3 is 2.58 bits per heavy atom. The highest BCUT2D eigenvalue weighted by atomic mass is 16.3. The average Bonchev–Trinajstić information content (AvgIpc) is 2.03. The first kappa shape index (κ1) is 9.57. The molecule has 1 nitrogen and oxygen atoms in total. The number of aliphatic hydroxyl groups is 1. The van der Waals surface area contributed by atoms with Crippen LogP contribution >= 0.6 is 0 Å². The van der Waals surface area contributed by atoms with Crippen LogP contribution < -0.4 is 0 Å². The van der Waals surface area contributed by atoms with Gasteiger partial charge in [-0.2, -0.15) is 0 Å². The van der Waals surface area contributed by atoms with E-state index in [-0.39, 0.29) is 6.10 Å². The Kier molecular flexibility index (Phi) is 3.58. The van der Waals surface area contributed by atoms with Gasteiger partial charge in [-0.3, -0.25) is 0 Å². The molecule has 0 spiro atoms. The molecule has 0 aromatic carbocycles. The molecule has 0 amide bonds. The zero-order chi connectivity index (χ0) is 8.97. The van der Waals surface area contributed by atoms with Gasteiger partial charge in [-0.25, -0.2) is 0 Å². The zero-order valence-electron chi connectivity index (χ0n) is 8.01. The molecule has 68 valence electrons. The lowest BCUT2D eigenvalue weighted by Crippen LogP contribution is -2.22. The highest BCUT2D eigenvalue weighted by Gasteiger charge is 2.19. The summed E-state index contributed by atoms with van der Waals surface area (Å²) >= 11 is 0. The van der Waals surface area contributed by atoms with Crippen molar-refractivity contribution in [1.29, 1.82) is 0 Å². The van der Waals surface area contributed by atoms with Gasteiger partial charge >= 0.3 is 0 Å². The van der Waals surface area contributed by atoms with E-state index < -0.39 is 0 Å². The molecule has 0 radical (unpaired) electrons. The maximum Gasteiger partial charge on any atom is 0.0608 e. The van der Waals surface area contributed by atoms with Crippen LogP contribution in [0.4, 0.5) is 0 Å². The van der Waals surface area contributed by atoms with Gasteiger partial charge in [0.2, 0.25) is 0 Å². The van der Waals surface area contributed by atoms with Crippen LogP contribution in [0.5, 0.6) is 0 Å². The standard InChI is InChI=1S/C11H18O/c1-9(2)7-8-10-5-3-4-6-11(10)12/h8,10-12H,3-6H2,1-2H3. The van der Waals surface area contributed by atoms with Crippen molar-refractivity contribution in [2.75, 3.05) is 0 Å². The Morgan fingerprint density at radius 2 is 2.00 bits per heavy atom. The van der Waals surface area contributed by atoms with Gasteiger partial charge < -0.3 is 5.11 Å². The first-order valence-corrected chi connectivity index (χ1v) is 4.78. The van der Waals surface area contributed by atoms with Crippen LogP contribution in [0, 0.1) is 5.92 Å². The van der Waals surface area contributed by atoms with E-state index in [1.807, 2.05) is 19.9 Å². The van der Waals surface area contributed by atoms with E-state index in [0.717, 1.165) is 12.8 Å². The fourth-order valence-electron chi connectivity index (χ4n) is 1.61. The zero-order valence-corrected chi connectivity index (χ0v) is 8.01. The molecule has 2 unspecified atom stereocenters. The molecule has 0 aromatic rings. The summed E-state index contributed by atoms with van der Waals surface area (Å²) in [6.45, 7) is 4.07. The molecule has 1 rings (SSSR count). The van der Waals surface area contributed by atoms with Crippen LogP contribution in [-0.2, 0) is 0 Å². The SMILES string of the molecule is CC(C)=C=CC1CCCCC1O. The molecule has 0 aromatic heterocycles. The Bertz CT molecular complexity index is 195. The van der Waals surface area contributed by atoms with Crippen molar-refractivity contribution in [2.45, 2.75) is 45.6 Å². The number of hydrogen-bond donors (Lipinski definition) is 1. The van der Waals surface area contributed by atoms with Gasteiger partial charge in [0.15, 0.2) is 0 Å². The minimum atomic E-state index is -0.120. The van der Waals surface area contributed by atoms with Gasteiger partial charge in [0.05, 0.1) is 6.10 Å². The molecular formula is C11H18O. The molecular weight excluding hydrogens is 148 g/mol. The Balaban J connectivity index is 2.55. The molecule has 0 heterocycles. The van der Waals surface area contributed by atoms with Crippen LogP contribution in [0.25, 0.3) is 0 Å². The van der Waals surface area contributed by atoms with Gasteiger partial charge in [-0.05, 0) is 38.3 Å². The van der Waals surface area contributed by atoms with Crippen LogP contribution in [0.2, 0.25) is 0 Å². The van der Waals surface area contributed by atoms with Crippen LogP contribution in [0.15, 0.2) is 17.4 Å². The molecule has 0 saturated heterocycles. The van der Waals surface area contributed by atoms with Crippen LogP contribution in [0.1, 0.15) is 39.5 Å². The van der Waals surface area contributed by atoms with Gasteiger partial charge in [0.1, 0.15) is 0 Å². The molecule has 2 atom stereocenters. The predicted molar refractivity (Wildman–Crippen MR) is 50.9 cm³/mol. The lowest BCUT2D eigenvalue weighted by molar-refractivity contribution is 0.0928. The third-order valence-electron chi connectivity index (χ3n) is 2.37. The molecule has 1 aliphatic carbocycles. The van der Waals surface area contributed by atoms with E-state index in [2.05, 4.69) is 5.73 Å². The summed E-state index contributed by atoms with van der Waals surface area (Å²) in [5, 5.41) is 9.60. The first-order valence-electron chi connectivity index (χ1n) is 4.78. The maximum absolute atomic E-state index is 9.60. The quantitative estimate of drug-likeness (QED) is 0.594. The topological polar surface area (TPSA) is 20.2 Å². The normalized spacial score (nSPS) is 29.2. The summed E-state index contributed by atoms with van der Waals surface area (Å²) < 4.78 is 0. The third kappa shape index (κ3) is 2.84. The van der Waals surface area contributed by atoms with Gasteiger partial charge in [-0.15, -0.1) is 5.73 Å². The number of hydrogen-bond acceptors (Lipinski definition) is 1. The van der Waals surface area contributed by atoms with Gasteiger partial charge in [0, 0.05) is 5.92 Å². The predicted octanol–water partition coefficient (Wildman–Crippen LogP) is 2.66. The number of rotatable bonds is 1. The highest BCUT2D eigenvalue weighted by Crippen LogP contribution is 2.24. The van der Waals surface area contributed by atoms with Crippen molar-refractivity contribution < 1.29 is 5.11 Å². The molecule has 12 heavy (non-hydrogen) atoms. The summed E-state index contributed by atoms with van der Waals surface area (Å²) in [5.74, 6) is 0.355. The molecule has 1 fully saturated rings. The lowest BCUT2D eigenvalue weighted by atomic mass is 9.86. The lowest BCUT2D eigenvalue weighted by Gasteiger charge is -2.23. The van der Waals surface area contributed by atoms with Crippen molar-refractivity contribution >= 4 is 0 Å². The Hall–Kier alpha value is -0.520. The maximum atomic E-state index is 9.60. The molecule has 1 heteroatoms. The van der Waals surface area contributed by atoms with Crippen LogP contribution in [-0.4, -0.2) is 11.2 Å². The van der Waals surface area contributed by atoms with Crippen molar-refractivity contribution in [3.8, 4) is 0 Å². The molecule has 1 aliphatic rings. The average molecular weight is 166 g/mol. The minimum absolute atomic E-state index is 0.120. The molecule has 0 bridgehead atoms. The summed E-state index contributed by atoms with van der Waals surface area (Å²) in [4.78, 5) is 0. The number of aliphatic hydroxyl groups excluding tert-OH is 1. The summed E-state index contributed by atoms with van der Waals surface area (Å²) in [6.07, 6.45) is 6.44. The van der Waals surface area contributed by atoms with Crippen molar-refractivity contribution in [2.24, 2.45) is 5.92 Å². The third-order valence-corrected chi connectivity index (χ3v) is 2.37. The summed E-state index contributed by atoms with van der Waals surface area (Å²) in [6, 6.07) is 0. The fourth-order valence-corrected chi connectivity index (χ4v) is 1.61. The fraction of sp³-hybridized carbons (Fsp3) is 0.727. The Labute approximate surface area is 74.8 Å². The van der Waals surface area contributed by atoms with E-state index in [1.165, 1.54) is 18.4 Å². The van der Waals surface area contributed by atoms with Gasteiger partial charge in [-0.1, -0.05) is 12.8 Å². The van der Waals surface area contributed by atoms with E-state index >= 15 is 0 Å². The first-order chi connectivity index (χ1) is 5.70. The second kappa shape index (κ2) is 4.49. The Morgan fingerprint density at radius 1 is 1.33 bits per heavy atom. The highest BCUT2D eigenvalue weighted by molar-refractivity contribution is 4.99. The smallest absolute Gasteiger partial charge is 0.0608 e. The van der Waals surface area contributed by atoms with Crippen molar-refractivity contribution in [3.63, 3.8) is 0 Å². The largest absolute Gasteiger partial charge is 0.392 e. The van der Waals surface area contributed by atoms with E-state index in [1.54, 1.807) is 0 Å². The van der Waals surface area contributed by atoms with E-state index in [9.17, 15) is 5.11 Å². The van der Waals surface area contributed by atoms with Crippen molar-refractivity contribution in [1.82, 2.24) is 0 Å². The van der Waals surface area contributed by atoms with Crippen molar-refractivity contribution in [3.05, 3.63) is 17.4 Å². The minimum Gasteiger partial charge on any atom is -0.392 e.